The molecule has 4 N–H and O–H groups in total. The van der Waals surface area contributed by atoms with Gasteiger partial charge in [0.15, 0.2) is 17.3 Å². The highest BCUT2D eigenvalue weighted by Crippen LogP contribution is 2.44. The number of hydrogen-bond acceptors (Lipinski definition) is 8. The molecule has 1 amide bonds. The van der Waals surface area contributed by atoms with Gasteiger partial charge in [0, 0.05) is 11.3 Å². The highest BCUT2D eigenvalue weighted by Gasteiger charge is 2.34. The molecule has 10 heteroatoms. The van der Waals surface area contributed by atoms with Gasteiger partial charge in [0.05, 0.1) is 26.9 Å². The maximum Gasteiger partial charge on any atom is 0.248 e. The number of methoxy groups -OCH3 is 3. The van der Waals surface area contributed by atoms with Crippen molar-refractivity contribution in [2.45, 2.75) is 13.0 Å². The van der Waals surface area contributed by atoms with Crippen molar-refractivity contribution < 1.29 is 24.1 Å². The van der Waals surface area contributed by atoms with Crippen LogP contribution in [0.15, 0.2) is 47.7 Å². The number of aromatic hydroxyl groups is 1. The predicted molar refractivity (Wildman–Crippen MR) is 117 cm³/mol. The van der Waals surface area contributed by atoms with Crippen LogP contribution in [0.1, 0.15) is 18.5 Å². The van der Waals surface area contributed by atoms with E-state index in [1.54, 1.807) is 48.0 Å². The molecule has 1 aliphatic rings. The third-order valence-corrected chi connectivity index (χ3v) is 5.23. The van der Waals surface area contributed by atoms with Crippen molar-refractivity contribution in [3.63, 3.8) is 0 Å². The van der Waals surface area contributed by atoms with E-state index in [0.717, 1.165) is 0 Å². The summed E-state index contributed by atoms with van der Waals surface area (Å²) in [6, 6.07) is 9.40. The van der Waals surface area contributed by atoms with E-state index in [1.165, 1.54) is 21.3 Å². The number of ether oxygens (including phenoxy) is 3. The molecular formula is C22H23N5O5. The largest absolute Gasteiger partial charge is 0.508 e. The zero-order chi connectivity index (χ0) is 23.0. The van der Waals surface area contributed by atoms with E-state index in [0.29, 0.717) is 51.4 Å². The molecule has 4 rings (SSSR count). The van der Waals surface area contributed by atoms with Gasteiger partial charge in [-0.2, -0.15) is 4.98 Å². The zero-order valence-electron chi connectivity index (χ0n) is 18.0. The number of allylic oxidation sites excluding steroid dienone is 1. The molecule has 0 aliphatic carbocycles. The monoisotopic (exact) mass is 437 g/mol. The van der Waals surface area contributed by atoms with Crippen LogP contribution in [-0.2, 0) is 4.79 Å². The smallest absolute Gasteiger partial charge is 0.248 e. The number of aromatic nitrogens is 3. The van der Waals surface area contributed by atoms with E-state index < -0.39 is 11.9 Å². The maximum absolute atomic E-state index is 12.5. The number of carbonyl (C=O) groups excluding carboxylic acids is 1. The Morgan fingerprint density at radius 2 is 1.81 bits per heavy atom. The molecule has 3 aromatic rings. The summed E-state index contributed by atoms with van der Waals surface area (Å²) in [6.45, 7) is 1.75. The summed E-state index contributed by atoms with van der Waals surface area (Å²) in [4.78, 5) is 17.0. The molecule has 0 radical (unpaired) electrons. The highest BCUT2D eigenvalue weighted by atomic mass is 16.5. The number of amides is 1. The topological polar surface area (TPSA) is 134 Å². The van der Waals surface area contributed by atoms with Gasteiger partial charge in [0.25, 0.3) is 0 Å². The second-order valence-electron chi connectivity index (χ2n) is 7.14. The Hall–Kier alpha value is -4.21. The van der Waals surface area contributed by atoms with E-state index in [9.17, 15) is 9.90 Å². The average Bonchev–Trinajstić information content (AvgIpc) is 3.20. The number of nitrogens with zero attached hydrogens (tertiary/aromatic N) is 3. The van der Waals surface area contributed by atoms with Crippen LogP contribution in [0.3, 0.4) is 0 Å². The minimum absolute atomic E-state index is 0.0940. The molecule has 1 aliphatic heterocycles. The number of benzene rings is 2. The molecule has 32 heavy (non-hydrogen) atoms. The van der Waals surface area contributed by atoms with Crippen LogP contribution in [0.2, 0.25) is 0 Å². The Morgan fingerprint density at radius 1 is 1.12 bits per heavy atom. The van der Waals surface area contributed by atoms with Gasteiger partial charge in [-0.05, 0) is 36.8 Å². The molecule has 0 unspecified atom stereocenters. The summed E-state index contributed by atoms with van der Waals surface area (Å²) in [5, 5.41) is 17.6. The summed E-state index contributed by atoms with van der Waals surface area (Å²) in [5.41, 5.74) is 7.89. The van der Waals surface area contributed by atoms with Gasteiger partial charge in [-0.15, -0.1) is 5.10 Å². The zero-order valence-corrected chi connectivity index (χ0v) is 18.0. The minimum atomic E-state index is -0.698. The van der Waals surface area contributed by atoms with E-state index in [-0.39, 0.29) is 5.75 Å². The van der Waals surface area contributed by atoms with Gasteiger partial charge in [0.1, 0.15) is 11.8 Å². The highest BCUT2D eigenvalue weighted by molar-refractivity contribution is 5.95. The number of phenols is 1. The predicted octanol–water partition coefficient (Wildman–Crippen LogP) is 2.45. The fraction of sp³-hybridized carbons (Fsp3) is 0.227. The second-order valence-corrected chi connectivity index (χ2v) is 7.14. The Bertz CT molecular complexity index is 1210. The Balaban J connectivity index is 1.93. The van der Waals surface area contributed by atoms with Crippen LogP contribution in [0.5, 0.6) is 23.0 Å². The lowest BCUT2D eigenvalue weighted by atomic mass is 9.94. The maximum atomic E-state index is 12.5. The number of rotatable bonds is 6. The lowest BCUT2D eigenvalue weighted by Gasteiger charge is -2.28. The summed E-state index contributed by atoms with van der Waals surface area (Å²) >= 11 is 0. The van der Waals surface area contributed by atoms with Gasteiger partial charge in [-0.25, -0.2) is 4.68 Å². The molecule has 10 nitrogen and oxygen atoms in total. The second kappa shape index (κ2) is 8.14. The third-order valence-electron chi connectivity index (χ3n) is 5.23. The molecule has 166 valence electrons. The number of hydrogen-bond donors (Lipinski definition) is 3. The lowest BCUT2D eigenvalue weighted by Crippen LogP contribution is -2.31. The van der Waals surface area contributed by atoms with Crippen LogP contribution in [-0.4, -0.2) is 47.1 Å². The number of anilines is 1. The van der Waals surface area contributed by atoms with Crippen LogP contribution in [0.4, 0.5) is 5.95 Å². The number of nitrogens with two attached hydrogens (primary N) is 1. The number of phenolic OH excluding ortho intramolecular Hbond substituents is 1. The molecule has 1 aromatic heterocycles. The first kappa shape index (κ1) is 21.0. The summed E-state index contributed by atoms with van der Waals surface area (Å²) in [7, 11) is 4.54. The van der Waals surface area contributed by atoms with Crippen molar-refractivity contribution in [2.24, 2.45) is 5.73 Å². The first-order valence-electron chi connectivity index (χ1n) is 9.71. The van der Waals surface area contributed by atoms with Crippen LogP contribution < -0.4 is 25.3 Å². The lowest BCUT2D eigenvalue weighted by molar-refractivity contribution is -0.115. The summed E-state index contributed by atoms with van der Waals surface area (Å²) in [5.74, 6) is 1.57. The SMILES string of the molecule is COc1cc([C@@H]2C(C(N)=O)=C(C)Nc3nc(-c4cccc(O)c4)nn32)cc(OC)c1OC. The van der Waals surface area contributed by atoms with Crippen LogP contribution >= 0.6 is 0 Å². The normalized spacial score (nSPS) is 15.1. The average molecular weight is 437 g/mol. The van der Waals surface area contributed by atoms with Crippen LogP contribution in [0, 0.1) is 0 Å². The minimum Gasteiger partial charge on any atom is -0.508 e. The van der Waals surface area contributed by atoms with Gasteiger partial charge in [-0.1, -0.05) is 12.1 Å². The molecular weight excluding hydrogens is 414 g/mol. The van der Waals surface area contributed by atoms with E-state index in [4.69, 9.17) is 19.9 Å². The van der Waals surface area contributed by atoms with Gasteiger partial charge < -0.3 is 30.4 Å². The molecule has 1 atom stereocenters. The molecule has 0 spiro atoms. The number of fused-ring (bicyclic) bond motifs is 1. The molecule has 2 heterocycles. The molecule has 0 saturated carbocycles. The van der Waals surface area contributed by atoms with Crippen molar-refractivity contribution >= 4 is 11.9 Å². The van der Waals surface area contributed by atoms with Crippen molar-refractivity contribution in [2.75, 3.05) is 26.6 Å². The fourth-order valence-corrected chi connectivity index (χ4v) is 3.80. The molecule has 0 fully saturated rings. The molecule has 2 aromatic carbocycles. The first-order valence-corrected chi connectivity index (χ1v) is 9.71. The molecule has 0 bridgehead atoms. The first-order chi connectivity index (χ1) is 15.4. The Kier molecular flexibility index (Phi) is 5.35. The summed E-state index contributed by atoms with van der Waals surface area (Å²) < 4.78 is 18.0. The third kappa shape index (κ3) is 3.45. The van der Waals surface area contributed by atoms with Crippen molar-refractivity contribution in [1.82, 2.24) is 14.8 Å². The van der Waals surface area contributed by atoms with Crippen molar-refractivity contribution in [1.29, 1.82) is 0 Å². The number of nitrogens with one attached hydrogen (secondary N) is 1. The van der Waals surface area contributed by atoms with Gasteiger partial charge in [-0.3, -0.25) is 4.79 Å². The Labute approximate surface area is 184 Å². The van der Waals surface area contributed by atoms with Gasteiger partial charge in [0.2, 0.25) is 17.6 Å². The van der Waals surface area contributed by atoms with Gasteiger partial charge >= 0.3 is 0 Å². The number of primary amides is 1. The van der Waals surface area contributed by atoms with E-state index in [1.807, 2.05) is 0 Å². The fourth-order valence-electron chi connectivity index (χ4n) is 3.80. The standard InChI is InChI=1S/C22H23N5O5/c1-11-17(20(23)29)18(13-9-15(30-2)19(32-4)16(10-13)31-3)27-22(24-11)25-21(26-27)12-6-5-7-14(28)8-12/h5-10,18,28H,1-4H3,(H2,23,29)(H,24,25,26)/t18-/m1/s1. The summed E-state index contributed by atoms with van der Waals surface area (Å²) in [6.07, 6.45) is 0. The van der Waals surface area contributed by atoms with Crippen molar-refractivity contribution in [3.8, 4) is 34.4 Å². The van der Waals surface area contributed by atoms with Crippen LogP contribution in [0.25, 0.3) is 11.4 Å². The van der Waals surface area contributed by atoms with E-state index in [2.05, 4.69) is 15.4 Å². The van der Waals surface area contributed by atoms with E-state index >= 15 is 0 Å². The Morgan fingerprint density at radius 3 is 2.38 bits per heavy atom. The quantitative estimate of drug-likeness (QED) is 0.535. The number of carbonyl (C=O) groups is 1. The molecule has 0 saturated heterocycles. The van der Waals surface area contributed by atoms with Crippen molar-refractivity contribution in [3.05, 3.63) is 53.2 Å².